The van der Waals surface area contributed by atoms with Crippen LogP contribution in [0.2, 0.25) is 0 Å². The summed E-state index contributed by atoms with van der Waals surface area (Å²) in [6.07, 6.45) is 3.16. The standard InChI is InChI=1S/C21H26N2O4/c1-23(2)17-10-6-15(7-11-17)14-22-19(24)13-9-16-8-12-18(25-3)21(27-5)20(16)26-4/h6-13H,14H2,1-5H3,(H,22,24)/b13-9+. The molecule has 0 aliphatic heterocycles. The Bertz CT molecular complexity index is 799. The van der Waals surface area contributed by atoms with E-state index < -0.39 is 0 Å². The average Bonchev–Trinajstić information content (AvgIpc) is 2.69. The summed E-state index contributed by atoms with van der Waals surface area (Å²) in [5, 5.41) is 2.87. The summed E-state index contributed by atoms with van der Waals surface area (Å²) in [4.78, 5) is 14.2. The zero-order valence-corrected chi connectivity index (χ0v) is 16.4. The highest BCUT2D eigenvalue weighted by molar-refractivity contribution is 5.92. The molecule has 0 unspecified atom stereocenters. The quantitative estimate of drug-likeness (QED) is 0.724. The number of methoxy groups -OCH3 is 3. The maximum absolute atomic E-state index is 12.1. The van der Waals surface area contributed by atoms with Gasteiger partial charge < -0.3 is 24.4 Å². The second kappa shape index (κ2) is 9.52. The number of hydrogen-bond acceptors (Lipinski definition) is 5. The minimum absolute atomic E-state index is 0.191. The molecule has 2 aromatic carbocycles. The molecule has 6 nitrogen and oxygen atoms in total. The molecule has 0 atom stereocenters. The van der Waals surface area contributed by atoms with E-state index in [2.05, 4.69) is 5.32 Å². The summed E-state index contributed by atoms with van der Waals surface area (Å²) in [5.74, 6) is 1.38. The number of benzene rings is 2. The number of rotatable bonds is 8. The molecule has 0 heterocycles. The van der Waals surface area contributed by atoms with E-state index >= 15 is 0 Å². The zero-order chi connectivity index (χ0) is 19.8. The summed E-state index contributed by atoms with van der Waals surface area (Å²) >= 11 is 0. The minimum atomic E-state index is -0.191. The Morgan fingerprint density at radius 1 is 0.963 bits per heavy atom. The number of nitrogens with one attached hydrogen (secondary N) is 1. The lowest BCUT2D eigenvalue weighted by molar-refractivity contribution is -0.116. The Hall–Kier alpha value is -3.15. The molecule has 1 amide bonds. The number of carbonyl (C=O) groups excluding carboxylic acids is 1. The van der Waals surface area contributed by atoms with Gasteiger partial charge in [-0.25, -0.2) is 0 Å². The lowest BCUT2D eigenvalue weighted by atomic mass is 10.1. The first-order valence-corrected chi connectivity index (χ1v) is 8.51. The molecular formula is C21H26N2O4. The van der Waals surface area contributed by atoms with Crippen molar-refractivity contribution in [1.82, 2.24) is 5.32 Å². The van der Waals surface area contributed by atoms with Crippen molar-refractivity contribution in [1.29, 1.82) is 0 Å². The van der Waals surface area contributed by atoms with Gasteiger partial charge in [-0.1, -0.05) is 12.1 Å². The van der Waals surface area contributed by atoms with Crippen LogP contribution in [0.25, 0.3) is 6.08 Å². The third-order valence-electron chi connectivity index (χ3n) is 4.07. The van der Waals surface area contributed by atoms with Crippen molar-refractivity contribution in [2.24, 2.45) is 0 Å². The first-order valence-electron chi connectivity index (χ1n) is 8.51. The highest BCUT2D eigenvalue weighted by Crippen LogP contribution is 2.40. The second-order valence-electron chi connectivity index (χ2n) is 6.04. The number of nitrogens with zero attached hydrogens (tertiary/aromatic N) is 1. The van der Waals surface area contributed by atoms with Gasteiger partial charge in [-0.3, -0.25) is 4.79 Å². The van der Waals surface area contributed by atoms with Crippen LogP contribution in [0.4, 0.5) is 5.69 Å². The molecule has 1 N–H and O–H groups in total. The van der Waals surface area contributed by atoms with Gasteiger partial charge in [-0.15, -0.1) is 0 Å². The van der Waals surface area contributed by atoms with Gasteiger partial charge in [0.05, 0.1) is 21.3 Å². The average molecular weight is 370 g/mol. The normalized spacial score (nSPS) is 10.6. The van der Waals surface area contributed by atoms with E-state index in [4.69, 9.17) is 14.2 Å². The maximum atomic E-state index is 12.1. The van der Waals surface area contributed by atoms with Gasteiger partial charge in [0, 0.05) is 38.0 Å². The Morgan fingerprint density at radius 2 is 1.63 bits per heavy atom. The van der Waals surface area contributed by atoms with Crippen LogP contribution in [0, 0.1) is 0 Å². The molecule has 0 aliphatic rings. The first kappa shape index (κ1) is 20.2. The topological polar surface area (TPSA) is 60.0 Å². The molecule has 0 aliphatic carbocycles. The van der Waals surface area contributed by atoms with Crippen molar-refractivity contribution in [2.45, 2.75) is 6.54 Å². The summed E-state index contributed by atoms with van der Waals surface area (Å²) in [7, 11) is 8.63. The number of hydrogen-bond donors (Lipinski definition) is 1. The first-order chi connectivity index (χ1) is 13.0. The van der Waals surface area contributed by atoms with Gasteiger partial charge >= 0.3 is 0 Å². The van der Waals surface area contributed by atoms with E-state index in [0.717, 1.165) is 16.8 Å². The molecule has 27 heavy (non-hydrogen) atoms. The number of ether oxygens (including phenoxy) is 3. The van der Waals surface area contributed by atoms with Crippen molar-refractivity contribution in [3.63, 3.8) is 0 Å². The molecule has 2 aromatic rings. The van der Waals surface area contributed by atoms with Crippen LogP contribution >= 0.6 is 0 Å². The SMILES string of the molecule is COc1ccc(/C=C/C(=O)NCc2ccc(N(C)C)cc2)c(OC)c1OC. The Labute approximate surface area is 160 Å². The molecule has 0 fully saturated rings. The smallest absolute Gasteiger partial charge is 0.244 e. The largest absolute Gasteiger partial charge is 0.493 e. The lowest BCUT2D eigenvalue weighted by Crippen LogP contribution is -2.20. The number of amides is 1. The van der Waals surface area contributed by atoms with Crippen LogP contribution in [0.15, 0.2) is 42.5 Å². The predicted molar refractivity (Wildman–Crippen MR) is 108 cm³/mol. The molecule has 0 radical (unpaired) electrons. The molecule has 144 valence electrons. The van der Waals surface area contributed by atoms with Crippen LogP contribution < -0.4 is 24.4 Å². The molecule has 2 rings (SSSR count). The third-order valence-corrected chi connectivity index (χ3v) is 4.07. The van der Waals surface area contributed by atoms with Gasteiger partial charge in [0.2, 0.25) is 11.7 Å². The van der Waals surface area contributed by atoms with Crippen LogP contribution in [-0.2, 0) is 11.3 Å². The van der Waals surface area contributed by atoms with Crippen molar-refractivity contribution < 1.29 is 19.0 Å². The molecule has 0 aromatic heterocycles. The van der Waals surface area contributed by atoms with Crippen LogP contribution in [-0.4, -0.2) is 41.3 Å². The molecule has 0 spiro atoms. The Kier molecular flexibility index (Phi) is 7.11. The maximum Gasteiger partial charge on any atom is 0.244 e. The van der Waals surface area contributed by atoms with Gasteiger partial charge in [-0.05, 0) is 35.9 Å². The van der Waals surface area contributed by atoms with Crippen molar-refractivity contribution in [3.05, 3.63) is 53.6 Å². The zero-order valence-electron chi connectivity index (χ0n) is 16.4. The van der Waals surface area contributed by atoms with E-state index in [9.17, 15) is 4.79 Å². The Morgan fingerprint density at radius 3 is 2.19 bits per heavy atom. The number of carbonyl (C=O) groups is 1. The fourth-order valence-corrected chi connectivity index (χ4v) is 2.58. The fraction of sp³-hybridized carbons (Fsp3) is 0.286. The summed E-state index contributed by atoms with van der Waals surface area (Å²) in [5.41, 5.74) is 2.87. The molecule has 6 heteroatoms. The molecule has 0 saturated heterocycles. The van der Waals surface area contributed by atoms with Gasteiger partial charge in [0.25, 0.3) is 0 Å². The highest BCUT2D eigenvalue weighted by atomic mass is 16.5. The van der Waals surface area contributed by atoms with Crippen molar-refractivity contribution >= 4 is 17.7 Å². The van der Waals surface area contributed by atoms with E-state index in [-0.39, 0.29) is 5.91 Å². The highest BCUT2D eigenvalue weighted by Gasteiger charge is 2.14. The second-order valence-corrected chi connectivity index (χ2v) is 6.04. The molecule has 0 saturated carbocycles. The monoisotopic (exact) mass is 370 g/mol. The van der Waals surface area contributed by atoms with Crippen LogP contribution in [0.3, 0.4) is 0 Å². The van der Waals surface area contributed by atoms with Crippen molar-refractivity contribution in [2.75, 3.05) is 40.3 Å². The van der Waals surface area contributed by atoms with Crippen LogP contribution in [0.5, 0.6) is 17.2 Å². The van der Waals surface area contributed by atoms with Crippen LogP contribution in [0.1, 0.15) is 11.1 Å². The Balaban J connectivity index is 2.04. The third kappa shape index (κ3) is 5.17. The van der Waals surface area contributed by atoms with E-state index in [1.807, 2.05) is 49.3 Å². The van der Waals surface area contributed by atoms with E-state index in [1.165, 1.54) is 6.08 Å². The summed E-state index contributed by atoms with van der Waals surface area (Å²) in [6.45, 7) is 0.458. The lowest BCUT2D eigenvalue weighted by Gasteiger charge is -2.14. The van der Waals surface area contributed by atoms with Crippen molar-refractivity contribution in [3.8, 4) is 17.2 Å². The predicted octanol–water partition coefficient (Wildman–Crippen LogP) is 3.11. The van der Waals surface area contributed by atoms with Gasteiger partial charge in [0.1, 0.15) is 0 Å². The summed E-state index contributed by atoms with van der Waals surface area (Å²) in [6, 6.07) is 11.6. The van der Waals surface area contributed by atoms with Gasteiger partial charge in [-0.2, -0.15) is 0 Å². The fourth-order valence-electron chi connectivity index (χ4n) is 2.58. The number of anilines is 1. The minimum Gasteiger partial charge on any atom is -0.493 e. The van der Waals surface area contributed by atoms with E-state index in [1.54, 1.807) is 33.5 Å². The molecular weight excluding hydrogens is 344 g/mol. The molecule has 0 bridgehead atoms. The van der Waals surface area contributed by atoms with Gasteiger partial charge in [0.15, 0.2) is 11.5 Å². The van der Waals surface area contributed by atoms with E-state index in [0.29, 0.717) is 23.8 Å². The summed E-state index contributed by atoms with van der Waals surface area (Å²) < 4.78 is 16.0.